The lowest BCUT2D eigenvalue weighted by Gasteiger charge is -2.07. The molecule has 0 atom stereocenters. The van der Waals surface area contributed by atoms with Crippen LogP contribution in [0.2, 0.25) is 0 Å². The van der Waals surface area contributed by atoms with Crippen LogP contribution in [0.15, 0.2) is 35.7 Å². The van der Waals surface area contributed by atoms with Gasteiger partial charge < -0.3 is 10.1 Å². The summed E-state index contributed by atoms with van der Waals surface area (Å²) in [5, 5.41) is 5.09. The number of benzene rings is 1. The minimum Gasteiger partial charge on any atom is -0.466 e. The summed E-state index contributed by atoms with van der Waals surface area (Å²) in [7, 11) is 0. The van der Waals surface area contributed by atoms with Crippen molar-refractivity contribution in [3.8, 4) is 10.4 Å². The molecule has 0 amide bonds. The molecule has 0 saturated carbocycles. The van der Waals surface area contributed by atoms with Gasteiger partial charge in [0, 0.05) is 23.5 Å². The number of nitrogens with one attached hydrogen (secondary N) is 1. The third-order valence-corrected chi connectivity index (χ3v) is 3.86. The van der Waals surface area contributed by atoms with Crippen LogP contribution in [0.4, 0.5) is 4.39 Å². The van der Waals surface area contributed by atoms with Crippen molar-refractivity contribution in [2.24, 2.45) is 0 Å². The minimum absolute atomic E-state index is 0.205. The molecule has 5 heteroatoms. The predicted octanol–water partition coefficient (Wildman–Crippen LogP) is 3.60. The number of ether oxygens (including phenoxy) is 1. The fourth-order valence-electron chi connectivity index (χ4n) is 1.96. The van der Waals surface area contributed by atoms with Gasteiger partial charge in [0.25, 0.3) is 0 Å². The molecule has 0 fully saturated rings. The van der Waals surface area contributed by atoms with Gasteiger partial charge >= 0.3 is 5.97 Å². The van der Waals surface area contributed by atoms with E-state index in [2.05, 4.69) is 5.32 Å². The highest BCUT2D eigenvalue weighted by Gasteiger charge is 2.07. The Labute approximate surface area is 127 Å². The van der Waals surface area contributed by atoms with Crippen molar-refractivity contribution in [3.05, 3.63) is 47.1 Å². The first kappa shape index (κ1) is 15.7. The quantitative estimate of drug-likeness (QED) is 0.627. The van der Waals surface area contributed by atoms with Crippen LogP contribution in [0.1, 0.15) is 18.9 Å². The third-order valence-electron chi connectivity index (χ3n) is 2.96. The Hall–Kier alpha value is -1.72. The molecule has 2 rings (SSSR count). The molecule has 21 heavy (non-hydrogen) atoms. The van der Waals surface area contributed by atoms with E-state index in [4.69, 9.17) is 4.74 Å². The van der Waals surface area contributed by atoms with Crippen LogP contribution in [0.25, 0.3) is 10.4 Å². The Bertz CT molecular complexity index is 584. The van der Waals surface area contributed by atoms with Crippen LogP contribution in [-0.2, 0) is 16.1 Å². The lowest BCUT2D eigenvalue weighted by molar-refractivity contribution is -0.142. The van der Waals surface area contributed by atoms with E-state index in [9.17, 15) is 9.18 Å². The molecule has 3 nitrogen and oxygen atoms in total. The van der Waals surface area contributed by atoms with Crippen molar-refractivity contribution >= 4 is 17.3 Å². The van der Waals surface area contributed by atoms with E-state index < -0.39 is 0 Å². The monoisotopic (exact) mass is 307 g/mol. The van der Waals surface area contributed by atoms with E-state index >= 15 is 0 Å². The Morgan fingerprint density at radius 1 is 1.38 bits per heavy atom. The van der Waals surface area contributed by atoms with Crippen LogP contribution < -0.4 is 5.32 Å². The van der Waals surface area contributed by atoms with Crippen LogP contribution in [-0.4, -0.2) is 19.1 Å². The lowest BCUT2D eigenvalue weighted by atomic mass is 10.1. The summed E-state index contributed by atoms with van der Waals surface area (Å²) in [5.41, 5.74) is 1.61. The zero-order valence-electron chi connectivity index (χ0n) is 11.9. The molecule has 0 radical (unpaired) electrons. The smallest absolute Gasteiger partial charge is 0.307 e. The molecule has 0 aliphatic carbocycles. The van der Waals surface area contributed by atoms with E-state index in [1.807, 2.05) is 23.6 Å². The maximum Gasteiger partial charge on any atom is 0.307 e. The SMILES string of the molecule is CCOC(=O)CCNCc1ccc(F)c(-c2cccs2)c1. The summed E-state index contributed by atoms with van der Waals surface area (Å²) in [6, 6.07) is 8.89. The molecular weight excluding hydrogens is 289 g/mol. The zero-order chi connectivity index (χ0) is 15.1. The maximum absolute atomic E-state index is 13.8. The number of carbonyl (C=O) groups is 1. The zero-order valence-corrected chi connectivity index (χ0v) is 12.7. The van der Waals surface area contributed by atoms with Crippen molar-refractivity contribution < 1.29 is 13.9 Å². The molecule has 112 valence electrons. The number of halogens is 1. The predicted molar refractivity (Wildman–Crippen MR) is 82.7 cm³/mol. The number of esters is 1. The van der Waals surface area contributed by atoms with Crippen molar-refractivity contribution in [2.45, 2.75) is 19.9 Å². The van der Waals surface area contributed by atoms with Gasteiger partial charge in [-0.15, -0.1) is 11.3 Å². The van der Waals surface area contributed by atoms with Crippen LogP contribution in [0.3, 0.4) is 0 Å². The molecule has 2 aromatic rings. The molecular formula is C16H18FNO2S. The average molecular weight is 307 g/mol. The molecule has 1 heterocycles. The first-order valence-electron chi connectivity index (χ1n) is 6.89. The fourth-order valence-corrected chi connectivity index (χ4v) is 2.70. The van der Waals surface area contributed by atoms with Crippen molar-refractivity contribution in [1.29, 1.82) is 0 Å². The first-order chi connectivity index (χ1) is 10.2. The van der Waals surface area contributed by atoms with E-state index in [0.29, 0.717) is 31.7 Å². The fraction of sp³-hybridized carbons (Fsp3) is 0.312. The second-order valence-electron chi connectivity index (χ2n) is 4.52. The average Bonchev–Trinajstić information content (AvgIpc) is 2.99. The van der Waals surface area contributed by atoms with Gasteiger partial charge in [0.1, 0.15) is 5.82 Å². The van der Waals surface area contributed by atoms with Crippen LogP contribution in [0, 0.1) is 5.82 Å². The number of carbonyl (C=O) groups excluding carboxylic acids is 1. The molecule has 0 saturated heterocycles. The lowest BCUT2D eigenvalue weighted by Crippen LogP contribution is -2.19. The van der Waals surface area contributed by atoms with E-state index in [1.54, 1.807) is 13.0 Å². The Morgan fingerprint density at radius 2 is 2.24 bits per heavy atom. The maximum atomic E-state index is 13.8. The highest BCUT2D eigenvalue weighted by molar-refractivity contribution is 7.13. The second kappa shape index (κ2) is 7.90. The van der Waals surface area contributed by atoms with E-state index in [-0.39, 0.29) is 11.8 Å². The Balaban J connectivity index is 1.90. The number of thiophene rings is 1. The van der Waals surface area contributed by atoms with Crippen LogP contribution in [0.5, 0.6) is 0 Å². The molecule has 0 aliphatic rings. The summed E-state index contributed by atoms with van der Waals surface area (Å²) in [5.74, 6) is -0.420. The molecule has 1 N–H and O–H groups in total. The largest absolute Gasteiger partial charge is 0.466 e. The van der Waals surface area contributed by atoms with Gasteiger partial charge in [-0.3, -0.25) is 4.79 Å². The highest BCUT2D eigenvalue weighted by atomic mass is 32.1. The number of hydrogen-bond donors (Lipinski definition) is 1. The van der Waals surface area contributed by atoms with Gasteiger partial charge in [-0.25, -0.2) is 4.39 Å². The Kier molecular flexibility index (Phi) is 5.90. The molecule has 1 aromatic carbocycles. The first-order valence-corrected chi connectivity index (χ1v) is 7.77. The third kappa shape index (κ3) is 4.65. The Morgan fingerprint density at radius 3 is 2.95 bits per heavy atom. The number of rotatable bonds is 7. The molecule has 0 spiro atoms. The van der Waals surface area contributed by atoms with Gasteiger partial charge in [0.05, 0.1) is 13.0 Å². The van der Waals surface area contributed by atoms with E-state index in [0.717, 1.165) is 10.4 Å². The summed E-state index contributed by atoms with van der Waals surface area (Å²) in [6.45, 7) is 3.33. The second-order valence-corrected chi connectivity index (χ2v) is 5.47. The minimum atomic E-state index is -0.215. The van der Waals surface area contributed by atoms with Crippen LogP contribution >= 0.6 is 11.3 Å². The van der Waals surface area contributed by atoms with Gasteiger partial charge in [-0.05, 0) is 36.1 Å². The highest BCUT2D eigenvalue weighted by Crippen LogP contribution is 2.28. The topological polar surface area (TPSA) is 38.3 Å². The summed E-state index contributed by atoms with van der Waals surface area (Å²) in [6.07, 6.45) is 0.340. The standard InChI is InChI=1S/C16H18FNO2S/c1-2-20-16(19)7-8-18-11-12-5-6-14(17)13(10-12)15-4-3-9-21-15/h3-6,9-10,18H,2,7-8,11H2,1H3. The van der Waals surface area contributed by atoms with Gasteiger partial charge in [-0.1, -0.05) is 12.1 Å². The van der Waals surface area contributed by atoms with Gasteiger partial charge in [0.15, 0.2) is 0 Å². The number of hydrogen-bond acceptors (Lipinski definition) is 4. The normalized spacial score (nSPS) is 10.6. The summed E-state index contributed by atoms with van der Waals surface area (Å²) < 4.78 is 18.7. The van der Waals surface area contributed by atoms with E-state index in [1.165, 1.54) is 17.4 Å². The van der Waals surface area contributed by atoms with Gasteiger partial charge in [0.2, 0.25) is 0 Å². The summed E-state index contributed by atoms with van der Waals surface area (Å²) in [4.78, 5) is 12.1. The molecule has 0 bridgehead atoms. The summed E-state index contributed by atoms with van der Waals surface area (Å²) >= 11 is 1.52. The van der Waals surface area contributed by atoms with Gasteiger partial charge in [-0.2, -0.15) is 0 Å². The van der Waals surface area contributed by atoms with Crippen molar-refractivity contribution in [2.75, 3.05) is 13.2 Å². The molecule has 0 aliphatic heterocycles. The molecule has 0 unspecified atom stereocenters. The molecule has 1 aromatic heterocycles. The van der Waals surface area contributed by atoms with Crippen molar-refractivity contribution in [1.82, 2.24) is 5.32 Å². The van der Waals surface area contributed by atoms with Crippen molar-refractivity contribution in [3.63, 3.8) is 0 Å².